The second-order valence-corrected chi connectivity index (χ2v) is 5.35. The van der Waals surface area contributed by atoms with Crippen LogP contribution in [0.25, 0.3) is 0 Å². The van der Waals surface area contributed by atoms with Crippen LogP contribution >= 0.6 is 11.8 Å². The molecule has 0 amide bonds. The van der Waals surface area contributed by atoms with Gasteiger partial charge >= 0.3 is 0 Å². The van der Waals surface area contributed by atoms with Gasteiger partial charge in [-0.05, 0) is 36.9 Å². The first-order valence-electron chi connectivity index (χ1n) is 6.10. The van der Waals surface area contributed by atoms with Crippen LogP contribution in [0.2, 0.25) is 0 Å². The van der Waals surface area contributed by atoms with Gasteiger partial charge in [0.2, 0.25) is 0 Å². The molecule has 0 spiro atoms. The normalized spacial score (nSPS) is 12.4. The van der Waals surface area contributed by atoms with Gasteiger partial charge in [0.15, 0.2) is 0 Å². The first kappa shape index (κ1) is 14.9. The molecular weight excluding hydrogens is 283 g/mol. The van der Waals surface area contributed by atoms with Crippen LogP contribution in [0.4, 0.5) is 13.2 Å². The molecule has 1 N–H and O–H groups in total. The Labute approximate surface area is 120 Å². The van der Waals surface area contributed by atoms with Crippen molar-refractivity contribution in [2.24, 2.45) is 0 Å². The average molecular weight is 297 g/mol. The molecule has 0 fully saturated rings. The Morgan fingerprint density at radius 1 is 1.05 bits per heavy atom. The van der Waals surface area contributed by atoms with Crippen molar-refractivity contribution < 1.29 is 13.2 Å². The van der Waals surface area contributed by atoms with Gasteiger partial charge in [-0.3, -0.25) is 0 Å². The number of thioether (sulfide) groups is 1. The van der Waals surface area contributed by atoms with Crippen LogP contribution in [0.1, 0.15) is 11.6 Å². The number of hydrogen-bond donors (Lipinski definition) is 1. The first-order chi connectivity index (χ1) is 9.60. The van der Waals surface area contributed by atoms with E-state index in [0.29, 0.717) is 16.2 Å². The third-order valence-electron chi connectivity index (χ3n) is 2.88. The molecule has 5 heteroatoms. The second kappa shape index (κ2) is 6.81. The van der Waals surface area contributed by atoms with Crippen molar-refractivity contribution in [2.45, 2.75) is 10.9 Å². The predicted molar refractivity (Wildman–Crippen MR) is 75.3 cm³/mol. The van der Waals surface area contributed by atoms with Crippen molar-refractivity contribution in [2.75, 3.05) is 12.8 Å². The van der Waals surface area contributed by atoms with Crippen LogP contribution in [0.15, 0.2) is 47.4 Å². The van der Waals surface area contributed by atoms with Crippen molar-refractivity contribution in [1.82, 2.24) is 5.32 Å². The molecule has 0 aromatic heterocycles. The molecule has 20 heavy (non-hydrogen) atoms. The smallest absolute Gasteiger partial charge is 0.136 e. The van der Waals surface area contributed by atoms with Crippen LogP contribution < -0.4 is 5.32 Å². The second-order valence-electron chi connectivity index (χ2n) is 4.29. The van der Waals surface area contributed by atoms with Gasteiger partial charge in [0.05, 0.1) is 0 Å². The van der Waals surface area contributed by atoms with E-state index in [-0.39, 0.29) is 11.9 Å². The van der Waals surface area contributed by atoms with Gasteiger partial charge in [0.25, 0.3) is 0 Å². The van der Waals surface area contributed by atoms with Gasteiger partial charge in [0, 0.05) is 22.8 Å². The minimum Gasteiger partial charge on any atom is -0.312 e. The summed E-state index contributed by atoms with van der Waals surface area (Å²) in [5, 5.41) is 2.99. The summed E-state index contributed by atoms with van der Waals surface area (Å²) in [7, 11) is 1.70. The summed E-state index contributed by atoms with van der Waals surface area (Å²) >= 11 is 1.30. The zero-order valence-corrected chi connectivity index (χ0v) is 11.7. The number of benzene rings is 2. The Kier molecular flexibility index (Phi) is 5.09. The fourth-order valence-electron chi connectivity index (χ4n) is 1.86. The molecule has 2 aromatic carbocycles. The van der Waals surface area contributed by atoms with Crippen LogP contribution in [-0.2, 0) is 0 Å². The molecule has 1 unspecified atom stereocenters. The van der Waals surface area contributed by atoms with Crippen LogP contribution in [0.5, 0.6) is 0 Å². The lowest BCUT2D eigenvalue weighted by molar-refractivity contribution is 0.567. The fraction of sp³-hybridized carbons (Fsp3) is 0.200. The Bertz CT molecular complexity index is 569. The van der Waals surface area contributed by atoms with Gasteiger partial charge in [-0.1, -0.05) is 12.1 Å². The third kappa shape index (κ3) is 3.77. The largest absolute Gasteiger partial charge is 0.312 e. The lowest BCUT2D eigenvalue weighted by Crippen LogP contribution is -2.19. The minimum atomic E-state index is -0.615. The van der Waals surface area contributed by atoms with Crippen molar-refractivity contribution in [1.29, 1.82) is 0 Å². The molecule has 2 rings (SSSR count). The maximum Gasteiger partial charge on any atom is 0.136 e. The van der Waals surface area contributed by atoms with E-state index in [1.54, 1.807) is 25.2 Å². The van der Waals surface area contributed by atoms with Crippen molar-refractivity contribution >= 4 is 11.8 Å². The minimum absolute atomic E-state index is 0.259. The van der Waals surface area contributed by atoms with Crippen LogP contribution in [0, 0.1) is 17.5 Å². The van der Waals surface area contributed by atoms with E-state index in [9.17, 15) is 13.2 Å². The van der Waals surface area contributed by atoms with Gasteiger partial charge < -0.3 is 5.32 Å². The summed E-state index contributed by atoms with van der Waals surface area (Å²) < 4.78 is 39.9. The Hall–Kier alpha value is -1.46. The molecule has 0 radical (unpaired) electrons. The van der Waals surface area contributed by atoms with E-state index in [2.05, 4.69) is 5.32 Å². The molecule has 0 aliphatic carbocycles. The summed E-state index contributed by atoms with van der Waals surface area (Å²) in [4.78, 5) is 0.518. The van der Waals surface area contributed by atoms with Crippen molar-refractivity contribution in [3.05, 3.63) is 65.5 Å². The SMILES string of the molecule is CNC(CSc1ccccc1F)c1cc(F)cc(F)c1. The molecule has 1 nitrogen and oxygen atoms in total. The standard InChI is InChI=1S/C15H14F3NS/c1-19-14(10-6-11(16)8-12(17)7-10)9-20-15-5-3-2-4-13(15)18/h2-8,14,19H,9H2,1H3. The maximum absolute atomic E-state index is 13.5. The topological polar surface area (TPSA) is 12.0 Å². The number of nitrogens with one attached hydrogen (secondary N) is 1. The highest BCUT2D eigenvalue weighted by Gasteiger charge is 2.13. The summed E-state index contributed by atoms with van der Waals surface area (Å²) in [5.41, 5.74) is 0.508. The molecule has 0 aliphatic heterocycles. The molecule has 0 heterocycles. The molecule has 0 saturated carbocycles. The van der Waals surface area contributed by atoms with Gasteiger partial charge in [-0.15, -0.1) is 11.8 Å². The van der Waals surface area contributed by atoms with Crippen molar-refractivity contribution in [3.63, 3.8) is 0 Å². The van der Waals surface area contributed by atoms with Crippen molar-refractivity contribution in [3.8, 4) is 0 Å². The Balaban J connectivity index is 2.11. The fourth-order valence-corrected chi connectivity index (χ4v) is 2.94. The summed E-state index contributed by atoms with van der Waals surface area (Å²) in [6, 6.07) is 9.58. The number of halogens is 3. The highest BCUT2D eigenvalue weighted by molar-refractivity contribution is 7.99. The summed E-state index contributed by atoms with van der Waals surface area (Å²) in [5.74, 6) is -1.05. The highest BCUT2D eigenvalue weighted by atomic mass is 32.2. The lowest BCUT2D eigenvalue weighted by Gasteiger charge is -2.16. The van der Waals surface area contributed by atoms with E-state index in [1.807, 2.05) is 0 Å². The number of rotatable bonds is 5. The molecule has 0 aliphatic rings. The Morgan fingerprint density at radius 3 is 2.30 bits per heavy atom. The average Bonchev–Trinajstić information content (AvgIpc) is 2.40. The van der Waals surface area contributed by atoms with E-state index < -0.39 is 11.6 Å². The summed E-state index contributed by atoms with van der Waals surface area (Å²) in [6.45, 7) is 0. The molecular formula is C15H14F3NS. The van der Waals surface area contributed by atoms with Gasteiger partial charge in [0.1, 0.15) is 17.5 Å². The lowest BCUT2D eigenvalue weighted by atomic mass is 10.1. The van der Waals surface area contributed by atoms with E-state index >= 15 is 0 Å². The van der Waals surface area contributed by atoms with Crippen LogP contribution in [0.3, 0.4) is 0 Å². The number of hydrogen-bond acceptors (Lipinski definition) is 2. The molecule has 2 aromatic rings. The molecule has 106 valence electrons. The zero-order chi connectivity index (χ0) is 14.5. The Morgan fingerprint density at radius 2 is 1.70 bits per heavy atom. The monoisotopic (exact) mass is 297 g/mol. The third-order valence-corrected chi connectivity index (χ3v) is 4.02. The van der Waals surface area contributed by atoms with Gasteiger partial charge in [-0.25, -0.2) is 13.2 Å². The van der Waals surface area contributed by atoms with Gasteiger partial charge in [-0.2, -0.15) is 0 Å². The zero-order valence-electron chi connectivity index (χ0n) is 10.9. The summed E-state index contributed by atoms with van der Waals surface area (Å²) in [6.07, 6.45) is 0. The maximum atomic E-state index is 13.5. The molecule has 0 saturated heterocycles. The van der Waals surface area contributed by atoms with E-state index in [4.69, 9.17) is 0 Å². The quantitative estimate of drug-likeness (QED) is 0.832. The first-order valence-corrected chi connectivity index (χ1v) is 7.09. The molecule has 1 atom stereocenters. The van der Waals surface area contributed by atoms with Crippen LogP contribution in [-0.4, -0.2) is 12.8 Å². The van der Waals surface area contributed by atoms with E-state index in [0.717, 1.165) is 6.07 Å². The van der Waals surface area contributed by atoms with E-state index in [1.165, 1.54) is 30.0 Å². The molecule has 0 bridgehead atoms. The predicted octanol–water partition coefficient (Wildman–Crippen LogP) is 4.16. The highest BCUT2D eigenvalue weighted by Crippen LogP contribution is 2.27.